The van der Waals surface area contributed by atoms with Crippen LogP contribution in [0.2, 0.25) is 0 Å². The molecule has 0 aliphatic carbocycles. The maximum Gasteiger partial charge on any atom is 0.270 e. The second-order valence-electron chi connectivity index (χ2n) is 9.05. The van der Waals surface area contributed by atoms with Crippen molar-refractivity contribution < 1.29 is 18.0 Å². The predicted octanol–water partition coefficient (Wildman–Crippen LogP) is 1.74. The fraction of sp³-hybridized carbons (Fsp3) is 0.591. The van der Waals surface area contributed by atoms with Gasteiger partial charge >= 0.3 is 0 Å². The molecule has 9 nitrogen and oxygen atoms in total. The standard InChI is InChI=1S/C22H31N5O4S/c1-15-19(16(2)27(24-15)18-6-9-32(30,31)14-18)12-25(3)13-21(28)17-10-20(23-11-17)22(29)26-7-4-5-8-26/h10-11,18,23H,4-9,12-14H2,1-3H3. The summed E-state index contributed by atoms with van der Waals surface area (Å²) in [4.78, 5) is 32.0. The third kappa shape index (κ3) is 4.66. The normalized spacial score (nSPS) is 20.4. The molecule has 32 heavy (non-hydrogen) atoms. The molecular formula is C22H31N5O4S. The van der Waals surface area contributed by atoms with E-state index in [2.05, 4.69) is 10.1 Å². The summed E-state index contributed by atoms with van der Waals surface area (Å²) in [6.45, 7) is 6.15. The monoisotopic (exact) mass is 461 g/mol. The van der Waals surface area contributed by atoms with Crippen LogP contribution >= 0.6 is 0 Å². The van der Waals surface area contributed by atoms with Gasteiger partial charge in [0, 0.05) is 42.7 Å². The highest BCUT2D eigenvalue weighted by Gasteiger charge is 2.31. The Hall–Kier alpha value is -2.46. The molecule has 0 saturated carbocycles. The number of H-pyrrole nitrogens is 1. The third-order valence-electron chi connectivity index (χ3n) is 6.50. The van der Waals surface area contributed by atoms with E-state index in [0.717, 1.165) is 42.9 Å². The molecule has 4 heterocycles. The van der Waals surface area contributed by atoms with E-state index in [-0.39, 0.29) is 35.8 Å². The molecule has 0 spiro atoms. The van der Waals surface area contributed by atoms with Crippen molar-refractivity contribution in [1.82, 2.24) is 24.6 Å². The molecule has 1 unspecified atom stereocenters. The topological polar surface area (TPSA) is 108 Å². The highest BCUT2D eigenvalue weighted by molar-refractivity contribution is 7.91. The van der Waals surface area contributed by atoms with Gasteiger partial charge in [0.2, 0.25) is 0 Å². The van der Waals surface area contributed by atoms with Crippen molar-refractivity contribution in [2.24, 2.45) is 0 Å². The van der Waals surface area contributed by atoms with E-state index in [0.29, 0.717) is 24.2 Å². The van der Waals surface area contributed by atoms with Crippen LogP contribution in [0.3, 0.4) is 0 Å². The molecule has 2 fully saturated rings. The third-order valence-corrected chi connectivity index (χ3v) is 8.25. The Labute approximate surface area is 188 Å². The van der Waals surface area contributed by atoms with Crippen LogP contribution in [0, 0.1) is 13.8 Å². The van der Waals surface area contributed by atoms with Crippen LogP contribution in [-0.4, -0.2) is 82.9 Å². The summed E-state index contributed by atoms with van der Waals surface area (Å²) in [6.07, 6.45) is 4.24. The highest BCUT2D eigenvalue weighted by atomic mass is 32.2. The first-order valence-electron chi connectivity index (χ1n) is 11.1. The number of hydrogen-bond donors (Lipinski definition) is 1. The number of Topliss-reactive ketones (excluding diaryl/α,β-unsaturated/α-hetero) is 1. The number of likely N-dealkylation sites (tertiary alicyclic amines) is 1. The number of aromatic nitrogens is 3. The van der Waals surface area contributed by atoms with Gasteiger partial charge in [0.25, 0.3) is 5.91 Å². The Morgan fingerprint density at radius 3 is 2.62 bits per heavy atom. The summed E-state index contributed by atoms with van der Waals surface area (Å²) in [6, 6.07) is 1.53. The zero-order valence-electron chi connectivity index (χ0n) is 18.9. The largest absolute Gasteiger partial charge is 0.356 e. The van der Waals surface area contributed by atoms with Gasteiger partial charge in [-0.2, -0.15) is 5.10 Å². The van der Waals surface area contributed by atoms with Gasteiger partial charge in [0.1, 0.15) is 5.69 Å². The van der Waals surface area contributed by atoms with Crippen LogP contribution < -0.4 is 0 Å². The second-order valence-corrected chi connectivity index (χ2v) is 11.3. The van der Waals surface area contributed by atoms with Gasteiger partial charge in [-0.1, -0.05) is 0 Å². The van der Waals surface area contributed by atoms with Gasteiger partial charge in [-0.05, 0) is 46.2 Å². The summed E-state index contributed by atoms with van der Waals surface area (Å²) in [5, 5.41) is 4.60. The molecule has 10 heteroatoms. The summed E-state index contributed by atoms with van der Waals surface area (Å²) < 4.78 is 25.6. The fourth-order valence-corrected chi connectivity index (χ4v) is 6.37. The number of carbonyl (C=O) groups excluding carboxylic acids is 2. The molecule has 2 aromatic rings. The van der Waals surface area contributed by atoms with Crippen molar-refractivity contribution >= 4 is 21.5 Å². The zero-order valence-corrected chi connectivity index (χ0v) is 19.7. The van der Waals surface area contributed by atoms with Crippen molar-refractivity contribution in [3.63, 3.8) is 0 Å². The van der Waals surface area contributed by atoms with Gasteiger partial charge in [-0.15, -0.1) is 0 Å². The van der Waals surface area contributed by atoms with Crippen molar-refractivity contribution in [2.75, 3.05) is 38.2 Å². The lowest BCUT2D eigenvalue weighted by molar-refractivity contribution is 0.0787. The number of likely N-dealkylation sites (N-methyl/N-ethyl adjacent to an activating group) is 1. The number of aryl methyl sites for hydroxylation is 1. The molecule has 0 aromatic carbocycles. The average molecular weight is 462 g/mol. The van der Waals surface area contributed by atoms with Crippen LogP contribution in [0.4, 0.5) is 0 Å². The lowest BCUT2D eigenvalue weighted by atomic mass is 10.1. The number of amides is 1. The summed E-state index contributed by atoms with van der Waals surface area (Å²) in [5.74, 6) is 0.226. The van der Waals surface area contributed by atoms with Crippen molar-refractivity contribution in [3.05, 3.63) is 40.5 Å². The van der Waals surface area contributed by atoms with E-state index < -0.39 is 9.84 Å². The van der Waals surface area contributed by atoms with Gasteiger partial charge in [0.05, 0.1) is 29.8 Å². The SMILES string of the molecule is Cc1nn(C2CCS(=O)(=O)C2)c(C)c1CN(C)CC(=O)c1c[nH]c(C(=O)N2CCCC2)c1. The van der Waals surface area contributed by atoms with Gasteiger partial charge < -0.3 is 9.88 Å². The second kappa shape index (κ2) is 8.82. The summed E-state index contributed by atoms with van der Waals surface area (Å²) in [5.41, 5.74) is 3.77. The number of nitrogens with one attached hydrogen (secondary N) is 1. The summed E-state index contributed by atoms with van der Waals surface area (Å²) >= 11 is 0. The number of aromatic amines is 1. The molecule has 2 aromatic heterocycles. The number of carbonyl (C=O) groups is 2. The number of hydrogen-bond acceptors (Lipinski definition) is 6. The van der Waals surface area contributed by atoms with E-state index in [4.69, 9.17) is 0 Å². The molecule has 0 bridgehead atoms. The van der Waals surface area contributed by atoms with Crippen molar-refractivity contribution in [1.29, 1.82) is 0 Å². The van der Waals surface area contributed by atoms with Gasteiger partial charge in [-0.3, -0.25) is 19.2 Å². The summed E-state index contributed by atoms with van der Waals surface area (Å²) in [7, 11) is -1.12. The minimum absolute atomic E-state index is 0.0532. The first-order valence-corrected chi connectivity index (χ1v) is 12.9. The zero-order chi connectivity index (χ0) is 23.0. The van der Waals surface area contributed by atoms with E-state index in [1.54, 1.807) is 12.3 Å². The maximum absolute atomic E-state index is 12.8. The first kappa shape index (κ1) is 22.7. The quantitative estimate of drug-likeness (QED) is 0.629. The van der Waals surface area contributed by atoms with Crippen LogP contribution in [0.15, 0.2) is 12.3 Å². The molecule has 4 rings (SSSR count). The Morgan fingerprint density at radius 1 is 1.25 bits per heavy atom. The predicted molar refractivity (Wildman–Crippen MR) is 121 cm³/mol. The minimum atomic E-state index is -2.99. The Balaban J connectivity index is 1.39. The maximum atomic E-state index is 12.8. The number of nitrogens with zero attached hydrogens (tertiary/aromatic N) is 4. The van der Waals surface area contributed by atoms with Crippen LogP contribution in [0.1, 0.15) is 63.1 Å². The fourth-order valence-electron chi connectivity index (χ4n) is 4.68. The van der Waals surface area contributed by atoms with Crippen LogP contribution in [0.25, 0.3) is 0 Å². The molecular weight excluding hydrogens is 430 g/mol. The van der Waals surface area contributed by atoms with E-state index in [1.165, 1.54) is 0 Å². The highest BCUT2D eigenvalue weighted by Crippen LogP contribution is 2.27. The Kier molecular flexibility index (Phi) is 6.26. The van der Waals surface area contributed by atoms with E-state index >= 15 is 0 Å². The van der Waals surface area contributed by atoms with E-state index in [9.17, 15) is 18.0 Å². The van der Waals surface area contributed by atoms with E-state index in [1.807, 2.05) is 35.4 Å². The molecule has 2 aliphatic heterocycles. The smallest absolute Gasteiger partial charge is 0.270 e. The Morgan fingerprint density at radius 2 is 1.97 bits per heavy atom. The molecule has 174 valence electrons. The van der Waals surface area contributed by atoms with Crippen molar-refractivity contribution in [2.45, 2.75) is 45.7 Å². The van der Waals surface area contributed by atoms with Crippen LogP contribution in [0.5, 0.6) is 0 Å². The molecule has 2 aliphatic rings. The van der Waals surface area contributed by atoms with Gasteiger partial charge in [-0.25, -0.2) is 8.42 Å². The number of rotatable bonds is 7. The van der Waals surface area contributed by atoms with Gasteiger partial charge in [0.15, 0.2) is 15.6 Å². The number of sulfone groups is 1. The molecule has 1 amide bonds. The number of ketones is 1. The van der Waals surface area contributed by atoms with Crippen LogP contribution in [-0.2, 0) is 16.4 Å². The lowest BCUT2D eigenvalue weighted by Crippen LogP contribution is -2.28. The molecule has 1 N–H and O–H groups in total. The Bertz CT molecular complexity index is 1130. The van der Waals surface area contributed by atoms with Crippen molar-refractivity contribution in [3.8, 4) is 0 Å². The minimum Gasteiger partial charge on any atom is -0.356 e. The molecule has 0 radical (unpaired) electrons. The molecule has 1 atom stereocenters. The first-order chi connectivity index (χ1) is 15.1. The average Bonchev–Trinajstić information content (AvgIpc) is 3.51. The molecule has 2 saturated heterocycles. The lowest BCUT2D eigenvalue weighted by Gasteiger charge is -2.17.